The Hall–Kier alpha value is -3.31. The molecule has 0 radical (unpaired) electrons. The molecule has 0 saturated carbocycles. The molecule has 0 spiro atoms. The number of nitrogens with zero attached hydrogens (tertiary/aromatic N) is 2. The number of benzene rings is 2. The minimum Gasteiger partial charge on any atom is -0.337 e. The van der Waals surface area contributed by atoms with E-state index in [2.05, 4.69) is 20.2 Å². The Balaban J connectivity index is 1.70. The highest BCUT2D eigenvalue weighted by Gasteiger charge is 2.27. The fourth-order valence-electron chi connectivity index (χ4n) is 2.58. The number of nitrogens with one attached hydrogen (secondary N) is 2. The molecule has 1 amide bonds. The lowest BCUT2D eigenvalue weighted by Crippen LogP contribution is -2.32. The molecule has 1 heterocycles. The molecule has 1 aromatic heterocycles. The maximum absolute atomic E-state index is 13.0. The quantitative estimate of drug-likeness (QED) is 0.451. The van der Waals surface area contributed by atoms with E-state index in [0.717, 1.165) is 0 Å². The molecule has 3 rings (SSSR count). The van der Waals surface area contributed by atoms with Crippen LogP contribution in [0.5, 0.6) is 0 Å². The molecule has 0 fully saturated rings. The van der Waals surface area contributed by atoms with E-state index in [-0.39, 0.29) is 10.8 Å². The number of aromatic nitrogens is 2. The van der Waals surface area contributed by atoms with Crippen LogP contribution >= 0.6 is 0 Å². The standard InChI is InChI=1S/C22H26FN5O4S/c1-21(2,13-23)19(29)25-15-7-9-16(10-8-15)28-33(30,31)17-11-5-14(6-12-17)18-26-20(32-27-18)22(3,4)24/h5-12,28H,13,24H2,1-4H3,(H,25,29). The van der Waals surface area contributed by atoms with Crippen molar-refractivity contribution in [3.63, 3.8) is 0 Å². The third-order valence-corrected chi connectivity index (χ3v) is 6.14. The van der Waals surface area contributed by atoms with Gasteiger partial charge in [0.15, 0.2) is 0 Å². The molecule has 0 aliphatic rings. The third-order valence-electron chi connectivity index (χ3n) is 4.74. The largest absolute Gasteiger partial charge is 0.337 e. The zero-order valence-electron chi connectivity index (χ0n) is 18.7. The Morgan fingerprint density at radius 1 is 1.03 bits per heavy atom. The molecule has 0 aliphatic carbocycles. The average Bonchev–Trinajstić information content (AvgIpc) is 3.26. The molecule has 0 aliphatic heterocycles. The van der Waals surface area contributed by atoms with Crippen molar-refractivity contribution in [3.05, 3.63) is 54.4 Å². The molecule has 176 valence electrons. The van der Waals surface area contributed by atoms with Gasteiger partial charge in [0, 0.05) is 16.9 Å². The lowest BCUT2D eigenvalue weighted by molar-refractivity contribution is -0.124. The Morgan fingerprint density at radius 2 is 1.61 bits per heavy atom. The predicted molar refractivity (Wildman–Crippen MR) is 123 cm³/mol. The first-order valence-electron chi connectivity index (χ1n) is 10.1. The number of rotatable bonds is 8. The summed E-state index contributed by atoms with van der Waals surface area (Å²) in [6.45, 7) is 5.65. The van der Waals surface area contributed by atoms with Crippen LogP contribution in [-0.4, -0.2) is 31.1 Å². The maximum atomic E-state index is 13.0. The van der Waals surface area contributed by atoms with Gasteiger partial charge in [0.1, 0.15) is 6.67 Å². The normalized spacial score (nSPS) is 12.4. The topological polar surface area (TPSA) is 140 Å². The van der Waals surface area contributed by atoms with Gasteiger partial charge in [0.2, 0.25) is 17.6 Å². The van der Waals surface area contributed by atoms with Crippen LogP contribution in [0.15, 0.2) is 57.9 Å². The highest BCUT2D eigenvalue weighted by Crippen LogP contribution is 2.24. The second kappa shape index (κ2) is 8.91. The van der Waals surface area contributed by atoms with Crippen molar-refractivity contribution in [1.29, 1.82) is 0 Å². The number of amides is 1. The molecule has 3 aromatic rings. The lowest BCUT2D eigenvalue weighted by Gasteiger charge is -2.19. The van der Waals surface area contributed by atoms with Crippen LogP contribution in [0.25, 0.3) is 11.4 Å². The first-order valence-corrected chi connectivity index (χ1v) is 11.5. The average molecular weight is 476 g/mol. The molecular formula is C22H26FN5O4S. The summed E-state index contributed by atoms with van der Waals surface area (Å²) in [5, 5.41) is 6.48. The number of hydrogen-bond acceptors (Lipinski definition) is 7. The van der Waals surface area contributed by atoms with Gasteiger partial charge in [-0.05, 0) is 76.2 Å². The van der Waals surface area contributed by atoms with Crippen molar-refractivity contribution in [2.75, 3.05) is 16.7 Å². The van der Waals surface area contributed by atoms with Gasteiger partial charge in [-0.1, -0.05) is 5.16 Å². The maximum Gasteiger partial charge on any atom is 0.261 e. The predicted octanol–water partition coefficient (Wildman–Crippen LogP) is 3.67. The van der Waals surface area contributed by atoms with Gasteiger partial charge >= 0.3 is 0 Å². The molecule has 0 atom stereocenters. The molecule has 4 N–H and O–H groups in total. The fourth-order valence-corrected chi connectivity index (χ4v) is 3.64. The first-order chi connectivity index (χ1) is 15.3. The number of sulfonamides is 1. The Labute approximate surface area is 191 Å². The lowest BCUT2D eigenvalue weighted by atomic mass is 9.94. The van der Waals surface area contributed by atoms with Gasteiger partial charge in [0.25, 0.3) is 10.0 Å². The third kappa shape index (κ3) is 5.74. The summed E-state index contributed by atoms with van der Waals surface area (Å²) in [5.41, 5.74) is 5.29. The summed E-state index contributed by atoms with van der Waals surface area (Å²) in [6.07, 6.45) is 0. The summed E-state index contributed by atoms with van der Waals surface area (Å²) in [5.74, 6) is 0.0972. The number of carbonyl (C=O) groups excluding carboxylic acids is 1. The molecule has 9 nitrogen and oxygen atoms in total. The highest BCUT2D eigenvalue weighted by atomic mass is 32.2. The summed E-state index contributed by atoms with van der Waals surface area (Å²) in [6, 6.07) is 12.0. The molecule has 2 aromatic carbocycles. The van der Waals surface area contributed by atoms with Gasteiger partial charge in [-0.2, -0.15) is 4.98 Å². The summed E-state index contributed by atoms with van der Waals surface area (Å²) < 4.78 is 46.0. The van der Waals surface area contributed by atoms with Gasteiger partial charge < -0.3 is 15.6 Å². The van der Waals surface area contributed by atoms with Gasteiger partial charge in [-0.15, -0.1) is 0 Å². The number of alkyl halides is 1. The van der Waals surface area contributed by atoms with Crippen molar-refractivity contribution >= 4 is 27.3 Å². The van der Waals surface area contributed by atoms with Crippen molar-refractivity contribution in [3.8, 4) is 11.4 Å². The summed E-state index contributed by atoms with van der Waals surface area (Å²) >= 11 is 0. The smallest absolute Gasteiger partial charge is 0.261 e. The van der Waals surface area contributed by atoms with Crippen molar-refractivity contribution in [2.24, 2.45) is 11.1 Å². The second-order valence-corrected chi connectivity index (χ2v) is 10.5. The van der Waals surface area contributed by atoms with E-state index >= 15 is 0 Å². The van der Waals surface area contributed by atoms with Crippen LogP contribution in [0.1, 0.15) is 33.6 Å². The van der Waals surface area contributed by atoms with Gasteiger partial charge in [-0.3, -0.25) is 9.52 Å². The number of anilines is 2. The number of halogens is 1. The number of hydrogen-bond donors (Lipinski definition) is 3. The first kappa shape index (κ1) is 24.3. The zero-order valence-corrected chi connectivity index (χ0v) is 19.5. The monoisotopic (exact) mass is 475 g/mol. The summed E-state index contributed by atoms with van der Waals surface area (Å²) in [7, 11) is -3.86. The molecular weight excluding hydrogens is 449 g/mol. The minimum atomic E-state index is -3.86. The Morgan fingerprint density at radius 3 is 2.12 bits per heavy atom. The second-order valence-electron chi connectivity index (χ2n) is 8.82. The van der Waals surface area contributed by atoms with Crippen LogP contribution in [0.4, 0.5) is 15.8 Å². The molecule has 0 bridgehead atoms. The van der Waals surface area contributed by atoms with Crippen LogP contribution in [-0.2, 0) is 20.4 Å². The van der Waals surface area contributed by atoms with Crippen molar-refractivity contribution in [2.45, 2.75) is 38.1 Å². The Kier molecular flexibility index (Phi) is 6.57. The van der Waals surface area contributed by atoms with E-state index < -0.39 is 33.6 Å². The van der Waals surface area contributed by atoms with Crippen LogP contribution in [0.3, 0.4) is 0 Å². The number of carbonyl (C=O) groups is 1. The van der Waals surface area contributed by atoms with Crippen LogP contribution in [0.2, 0.25) is 0 Å². The van der Waals surface area contributed by atoms with Gasteiger partial charge in [-0.25, -0.2) is 12.8 Å². The Bertz CT molecular complexity index is 1230. The van der Waals surface area contributed by atoms with Crippen molar-refractivity contribution < 1.29 is 22.1 Å². The van der Waals surface area contributed by atoms with Gasteiger partial charge in [0.05, 0.1) is 15.8 Å². The van der Waals surface area contributed by atoms with E-state index in [1.807, 2.05) is 0 Å². The highest BCUT2D eigenvalue weighted by molar-refractivity contribution is 7.92. The van der Waals surface area contributed by atoms with E-state index in [1.54, 1.807) is 26.0 Å². The van der Waals surface area contributed by atoms with Crippen LogP contribution in [0, 0.1) is 5.41 Å². The van der Waals surface area contributed by atoms with E-state index in [0.29, 0.717) is 22.8 Å². The van der Waals surface area contributed by atoms with E-state index in [4.69, 9.17) is 10.3 Å². The minimum absolute atomic E-state index is 0.0381. The van der Waals surface area contributed by atoms with E-state index in [9.17, 15) is 17.6 Å². The SMILES string of the molecule is CC(C)(CF)C(=O)Nc1ccc(NS(=O)(=O)c2ccc(-c3noc(C(C)(C)N)n3)cc2)cc1. The van der Waals surface area contributed by atoms with Crippen LogP contribution < -0.4 is 15.8 Å². The molecule has 0 unspecified atom stereocenters. The molecule has 11 heteroatoms. The van der Waals surface area contributed by atoms with E-state index in [1.165, 1.54) is 50.2 Å². The zero-order chi connectivity index (χ0) is 24.4. The number of nitrogens with two attached hydrogens (primary N) is 1. The molecule has 0 saturated heterocycles. The summed E-state index contributed by atoms with van der Waals surface area (Å²) in [4.78, 5) is 16.3. The fraction of sp³-hybridized carbons (Fsp3) is 0.318. The van der Waals surface area contributed by atoms with Crippen molar-refractivity contribution in [1.82, 2.24) is 10.1 Å². The molecule has 33 heavy (non-hydrogen) atoms.